The van der Waals surface area contributed by atoms with E-state index in [1.165, 1.54) is 0 Å². The molecule has 0 radical (unpaired) electrons. The minimum atomic E-state index is -0.0336. The van der Waals surface area contributed by atoms with Crippen LogP contribution in [0.3, 0.4) is 0 Å². The maximum Gasteiger partial charge on any atom is 0.226 e. The monoisotopic (exact) mass is 459 g/mol. The van der Waals surface area contributed by atoms with Gasteiger partial charge in [-0.15, -0.1) is 0 Å². The van der Waals surface area contributed by atoms with Crippen LogP contribution < -0.4 is 10.1 Å². The van der Waals surface area contributed by atoms with E-state index in [0.29, 0.717) is 19.3 Å². The number of ether oxygens (including phenoxy) is 2. The number of pyridine rings is 1. The van der Waals surface area contributed by atoms with E-state index in [1.54, 1.807) is 7.11 Å². The number of benzene rings is 2. The summed E-state index contributed by atoms with van der Waals surface area (Å²) < 4.78 is 11.4. The fraction of sp³-hybridized carbons (Fsp3) is 0.357. The van der Waals surface area contributed by atoms with Crippen LogP contribution in [-0.4, -0.2) is 55.2 Å². The van der Waals surface area contributed by atoms with Crippen molar-refractivity contribution in [1.82, 2.24) is 15.2 Å². The van der Waals surface area contributed by atoms with Crippen molar-refractivity contribution in [2.24, 2.45) is 0 Å². The molecule has 3 aromatic rings. The number of amides is 1. The number of carbonyl (C=O) groups excluding carboxylic acids is 1. The first-order chi connectivity index (χ1) is 16.7. The SMILES string of the molecule is COC1CCN(CCOc2ccc(-c3ccc(CC(=O)NCc4ccccc4)nc3)cc2)CC1. The number of methoxy groups -OCH3 is 1. The predicted molar refractivity (Wildman–Crippen MR) is 134 cm³/mol. The van der Waals surface area contributed by atoms with Crippen LogP contribution in [0.5, 0.6) is 5.75 Å². The van der Waals surface area contributed by atoms with E-state index in [4.69, 9.17) is 9.47 Å². The molecule has 0 bridgehead atoms. The zero-order valence-corrected chi connectivity index (χ0v) is 19.8. The Morgan fingerprint density at radius 3 is 2.41 bits per heavy atom. The highest BCUT2D eigenvalue weighted by Gasteiger charge is 2.18. The van der Waals surface area contributed by atoms with Crippen molar-refractivity contribution in [3.05, 3.63) is 84.2 Å². The van der Waals surface area contributed by atoms with E-state index in [0.717, 1.165) is 60.6 Å². The molecule has 2 aromatic carbocycles. The molecule has 6 heteroatoms. The highest BCUT2D eigenvalue weighted by molar-refractivity contribution is 5.78. The summed E-state index contributed by atoms with van der Waals surface area (Å²) in [6.07, 6.45) is 4.68. The third-order valence-corrected chi connectivity index (χ3v) is 6.23. The molecule has 1 aromatic heterocycles. The summed E-state index contributed by atoms with van der Waals surface area (Å²) in [7, 11) is 1.80. The zero-order chi connectivity index (χ0) is 23.6. The quantitative estimate of drug-likeness (QED) is 0.495. The standard InChI is InChI=1S/C28H33N3O3/c1-33-26-13-15-31(16-14-26)17-18-34-27-11-8-23(9-12-27)24-7-10-25(29-21-24)19-28(32)30-20-22-5-3-2-4-6-22/h2-12,21,26H,13-20H2,1H3,(H,30,32). The summed E-state index contributed by atoms with van der Waals surface area (Å²) in [4.78, 5) is 19.1. The highest BCUT2D eigenvalue weighted by Crippen LogP contribution is 2.22. The van der Waals surface area contributed by atoms with Gasteiger partial charge in [-0.3, -0.25) is 14.7 Å². The van der Waals surface area contributed by atoms with Crippen LogP contribution in [0, 0.1) is 0 Å². The third kappa shape index (κ3) is 7.14. The van der Waals surface area contributed by atoms with Gasteiger partial charge in [-0.2, -0.15) is 0 Å². The fourth-order valence-electron chi connectivity index (χ4n) is 4.13. The van der Waals surface area contributed by atoms with Crippen LogP contribution in [0.25, 0.3) is 11.1 Å². The second kappa shape index (κ2) is 12.3. The van der Waals surface area contributed by atoms with Gasteiger partial charge < -0.3 is 14.8 Å². The molecule has 1 aliphatic rings. The topological polar surface area (TPSA) is 63.7 Å². The number of carbonyl (C=O) groups is 1. The molecular weight excluding hydrogens is 426 g/mol. The van der Waals surface area contributed by atoms with E-state index in [9.17, 15) is 4.79 Å². The van der Waals surface area contributed by atoms with Gasteiger partial charge in [-0.25, -0.2) is 0 Å². The first kappa shape index (κ1) is 23.9. The number of piperidine rings is 1. The molecule has 0 atom stereocenters. The summed E-state index contributed by atoms with van der Waals surface area (Å²) in [5.41, 5.74) is 3.92. The number of rotatable bonds is 10. The summed E-state index contributed by atoms with van der Waals surface area (Å²) >= 11 is 0. The van der Waals surface area contributed by atoms with Crippen molar-refractivity contribution >= 4 is 5.91 Å². The Bertz CT molecular complexity index is 1020. The van der Waals surface area contributed by atoms with Gasteiger partial charge in [-0.1, -0.05) is 48.5 Å². The van der Waals surface area contributed by atoms with Crippen LogP contribution >= 0.6 is 0 Å². The number of aromatic nitrogens is 1. The van der Waals surface area contributed by atoms with Gasteiger partial charge in [0, 0.05) is 50.7 Å². The number of hydrogen-bond acceptors (Lipinski definition) is 5. The molecule has 178 valence electrons. The van der Waals surface area contributed by atoms with Crippen molar-refractivity contribution < 1.29 is 14.3 Å². The Balaban J connectivity index is 1.21. The maximum absolute atomic E-state index is 12.2. The van der Waals surface area contributed by atoms with E-state index in [2.05, 4.69) is 15.2 Å². The van der Waals surface area contributed by atoms with Gasteiger partial charge in [0.1, 0.15) is 12.4 Å². The molecule has 34 heavy (non-hydrogen) atoms. The van der Waals surface area contributed by atoms with Crippen LogP contribution in [0.4, 0.5) is 0 Å². The maximum atomic E-state index is 12.2. The number of nitrogens with zero attached hydrogens (tertiary/aromatic N) is 2. The van der Waals surface area contributed by atoms with Crippen molar-refractivity contribution in [3.63, 3.8) is 0 Å². The van der Waals surface area contributed by atoms with Crippen LogP contribution in [0.15, 0.2) is 72.9 Å². The molecule has 2 heterocycles. The number of hydrogen-bond donors (Lipinski definition) is 1. The molecule has 6 nitrogen and oxygen atoms in total. The lowest BCUT2D eigenvalue weighted by molar-refractivity contribution is -0.120. The lowest BCUT2D eigenvalue weighted by Crippen LogP contribution is -2.38. The van der Waals surface area contributed by atoms with Gasteiger partial charge in [0.15, 0.2) is 0 Å². The predicted octanol–water partition coefficient (Wildman–Crippen LogP) is 4.10. The minimum Gasteiger partial charge on any atom is -0.492 e. The van der Waals surface area contributed by atoms with Crippen LogP contribution in [0.2, 0.25) is 0 Å². The zero-order valence-electron chi connectivity index (χ0n) is 19.8. The molecule has 4 rings (SSSR count). The lowest BCUT2D eigenvalue weighted by Gasteiger charge is -2.30. The molecule has 1 aliphatic heterocycles. The van der Waals surface area contributed by atoms with Gasteiger partial charge in [-0.05, 0) is 42.2 Å². The number of nitrogens with one attached hydrogen (secondary N) is 1. The Morgan fingerprint density at radius 2 is 1.74 bits per heavy atom. The molecule has 0 spiro atoms. The number of likely N-dealkylation sites (tertiary alicyclic amines) is 1. The normalized spacial score (nSPS) is 14.6. The minimum absolute atomic E-state index is 0.0336. The van der Waals surface area contributed by atoms with Crippen molar-refractivity contribution in [2.45, 2.75) is 31.9 Å². The third-order valence-electron chi connectivity index (χ3n) is 6.23. The summed E-state index contributed by atoms with van der Waals surface area (Å²) in [6, 6.07) is 21.9. The summed E-state index contributed by atoms with van der Waals surface area (Å²) in [5, 5.41) is 2.94. The fourth-order valence-corrected chi connectivity index (χ4v) is 4.13. The Kier molecular flexibility index (Phi) is 8.65. The molecule has 1 amide bonds. The molecule has 1 saturated heterocycles. The van der Waals surface area contributed by atoms with Crippen molar-refractivity contribution in [2.75, 3.05) is 33.4 Å². The smallest absolute Gasteiger partial charge is 0.226 e. The van der Waals surface area contributed by atoms with E-state index < -0.39 is 0 Å². The first-order valence-corrected chi connectivity index (χ1v) is 11.9. The largest absolute Gasteiger partial charge is 0.492 e. The highest BCUT2D eigenvalue weighted by atomic mass is 16.5. The Labute approximate surface area is 201 Å². The van der Waals surface area contributed by atoms with Crippen molar-refractivity contribution in [3.8, 4) is 16.9 Å². The van der Waals surface area contributed by atoms with Gasteiger partial charge in [0.2, 0.25) is 5.91 Å². The van der Waals surface area contributed by atoms with Gasteiger partial charge >= 0.3 is 0 Å². The Morgan fingerprint density at radius 1 is 1.00 bits per heavy atom. The van der Waals surface area contributed by atoms with E-state index in [1.807, 2.05) is 72.9 Å². The van der Waals surface area contributed by atoms with Crippen LogP contribution in [-0.2, 0) is 22.5 Å². The molecule has 0 unspecified atom stereocenters. The molecule has 1 fully saturated rings. The van der Waals surface area contributed by atoms with E-state index >= 15 is 0 Å². The second-order valence-corrected chi connectivity index (χ2v) is 8.63. The molecular formula is C28H33N3O3. The molecule has 0 saturated carbocycles. The molecule has 0 aliphatic carbocycles. The first-order valence-electron chi connectivity index (χ1n) is 11.9. The summed E-state index contributed by atoms with van der Waals surface area (Å²) in [5.74, 6) is 0.837. The van der Waals surface area contributed by atoms with E-state index in [-0.39, 0.29) is 12.3 Å². The average Bonchev–Trinajstić information content (AvgIpc) is 2.89. The van der Waals surface area contributed by atoms with Gasteiger partial charge in [0.25, 0.3) is 0 Å². The van der Waals surface area contributed by atoms with Crippen LogP contribution in [0.1, 0.15) is 24.1 Å². The average molecular weight is 460 g/mol. The van der Waals surface area contributed by atoms with Crippen molar-refractivity contribution in [1.29, 1.82) is 0 Å². The Hall–Kier alpha value is -3.22. The molecule has 1 N–H and O–H groups in total. The van der Waals surface area contributed by atoms with Gasteiger partial charge in [0.05, 0.1) is 12.5 Å². The second-order valence-electron chi connectivity index (χ2n) is 8.63. The summed E-state index contributed by atoms with van der Waals surface area (Å²) in [6.45, 7) is 4.28. The lowest BCUT2D eigenvalue weighted by atomic mass is 10.1.